The van der Waals surface area contributed by atoms with E-state index in [2.05, 4.69) is 17.6 Å². The Morgan fingerprint density at radius 1 is 1.29 bits per heavy atom. The van der Waals surface area contributed by atoms with E-state index in [4.69, 9.17) is 9.47 Å². The fourth-order valence-corrected chi connectivity index (χ4v) is 3.14. The molecule has 0 spiro atoms. The Morgan fingerprint density at radius 3 is 2.71 bits per heavy atom. The second-order valence-corrected chi connectivity index (χ2v) is 6.51. The largest absolute Gasteiger partial charge is 0.457 e. The summed E-state index contributed by atoms with van der Waals surface area (Å²) in [5, 5.41) is 0. The Kier molecular flexibility index (Phi) is 4.80. The maximum Gasteiger partial charge on any atom is 0.420 e. The van der Waals surface area contributed by atoms with Gasteiger partial charge in [-0.1, -0.05) is 12.1 Å². The number of para-hydroxylation sites is 2. The molecule has 1 heterocycles. The molecule has 1 aromatic heterocycles. The van der Waals surface area contributed by atoms with Crippen LogP contribution in [-0.2, 0) is 20.9 Å². The summed E-state index contributed by atoms with van der Waals surface area (Å²) >= 11 is 3.87. The van der Waals surface area contributed by atoms with E-state index < -0.39 is 17.7 Å². The summed E-state index contributed by atoms with van der Waals surface area (Å²) in [5.74, 6) is -0.145. The van der Waals surface area contributed by atoms with Crippen LogP contribution < -0.4 is 0 Å². The number of hydrogen-bond donors (Lipinski definition) is 1. The Morgan fingerprint density at radius 2 is 2.00 bits per heavy atom. The lowest BCUT2D eigenvalue weighted by molar-refractivity contribution is -0.141. The number of nitrogens with zero attached hydrogens (tertiary/aromatic N) is 2. The van der Waals surface area contributed by atoms with Gasteiger partial charge in [0, 0.05) is 0 Å². The monoisotopic (exact) mass is 348 g/mol. The molecule has 1 aliphatic rings. The fraction of sp³-hybridized carbons (Fsp3) is 0.471. The van der Waals surface area contributed by atoms with E-state index in [1.165, 1.54) is 4.57 Å². The highest BCUT2D eigenvalue weighted by Crippen LogP contribution is 2.33. The van der Waals surface area contributed by atoms with Crippen molar-refractivity contribution >= 4 is 35.7 Å². The summed E-state index contributed by atoms with van der Waals surface area (Å²) < 4.78 is 12.2. The van der Waals surface area contributed by atoms with Gasteiger partial charge in [-0.2, -0.15) is 12.6 Å². The van der Waals surface area contributed by atoms with Crippen molar-refractivity contribution in [3.8, 4) is 0 Å². The zero-order valence-electron chi connectivity index (χ0n) is 13.5. The average molecular weight is 348 g/mol. The van der Waals surface area contributed by atoms with Crippen molar-refractivity contribution in [2.75, 3.05) is 5.75 Å². The van der Waals surface area contributed by atoms with Gasteiger partial charge in [-0.25, -0.2) is 14.3 Å². The first-order chi connectivity index (χ1) is 11.5. The number of ether oxygens (including phenoxy) is 2. The lowest BCUT2D eigenvalue weighted by atomic mass is 10.1. The van der Waals surface area contributed by atoms with E-state index in [1.807, 2.05) is 19.1 Å². The zero-order chi connectivity index (χ0) is 17.2. The number of benzene rings is 1. The summed E-state index contributed by atoms with van der Waals surface area (Å²) in [7, 11) is 0. The van der Waals surface area contributed by atoms with E-state index in [0.29, 0.717) is 16.9 Å². The van der Waals surface area contributed by atoms with E-state index >= 15 is 0 Å². The molecule has 1 saturated carbocycles. The molecule has 0 bridgehead atoms. The summed E-state index contributed by atoms with van der Waals surface area (Å²) in [6.07, 6.45) is 3.34. The molecule has 0 unspecified atom stereocenters. The molecule has 0 aliphatic heterocycles. The van der Waals surface area contributed by atoms with Crippen molar-refractivity contribution in [2.24, 2.45) is 0 Å². The molecule has 1 aliphatic carbocycles. The van der Waals surface area contributed by atoms with Crippen molar-refractivity contribution < 1.29 is 19.1 Å². The van der Waals surface area contributed by atoms with Crippen LogP contribution in [0.25, 0.3) is 11.0 Å². The van der Waals surface area contributed by atoms with Crippen LogP contribution in [0.4, 0.5) is 4.79 Å². The molecule has 0 amide bonds. The lowest BCUT2D eigenvalue weighted by Crippen LogP contribution is -2.31. The van der Waals surface area contributed by atoms with Crippen molar-refractivity contribution in [1.82, 2.24) is 9.55 Å². The fourth-order valence-electron chi connectivity index (χ4n) is 3.05. The highest BCUT2D eigenvalue weighted by molar-refractivity contribution is 7.81. The van der Waals surface area contributed by atoms with Gasteiger partial charge in [-0.3, -0.25) is 4.79 Å². The number of aromatic nitrogens is 2. The predicted octanol–water partition coefficient (Wildman–Crippen LogP) is 3.33. The third kappa shape index (κ3) is 3.40. The van der Waals surface area contributed by atoms with Gasteiger partial charge in [0.05, 0.1) is 16.8 Å². The zero-order valence-corrected chi connectivity index (χ0v) is 14.4. The van der Waals surface area contributed by atoms with E-state index in [0.717, 1.165) is 25.7 Å². The van der Waals surface area contributed by atoms with Gasteiger partial charge in [-0.15, -0.1) is 0 Å². The summed E-state index contributed by atoms with van der Waals surface area (Å²) in [6, 6.07) is 7.27. The molecular weight excluding hydrogens is 328 g/mol. The van der Waals surface area contributed by atoms with Crippen LogP contribution in [0.15, 0.2) is 24.3 Å². The lowest BCUT2D eigenvalue weighted by Gasteiger charge is -2.24. The standard InChI is InChI=1S/C17H20N2O4S/c1-17(8-4-5-9-17)23-16(21)19-13-7-3-2-6-12(13)18-14(19)10-22-15(20)11-24/h2-3,6-7,24H,4-5,8-11H2,1H3. The number of fused-ring (bicyclic) bond motifs is 1. The first kappa shape index (κ1) is 16.8. The number of hydrogen-bond acceptors (Lipinski definition) is 6. The van der Waals surface area contributed by atoms with Crippen LogP contribution in [0.3, 0.4) is 0 Å². The molecule has 6 nitrogen and oxygen atoms in total. The molecule has 0 N–H and O–H groups in total. The number of carbonyl (C=O) groups is 2. The van der Waals surface area contributed by atoms with Gasteiger partial charge in [0.1, 0.15) is 12.2 Å². The third-order valence-corrected chi connectivity index (χ3v) is 4.56. The van der Waals surface area contributed by atoms with E-state index in [1.54, 1.807) is 12.1 Å². The molecule has 128 valence electrons. The van der Waals surface area contributed by atoms with Gasteiger partial charge >= 0.3 is 12.1 Å². The molecule has 3 rings (SSSR count). The molecule has 0 radical (unpaired) electrons. The number of thiol groups is 1. The third-order valence-electron chi connectivity index (χ3n) is 4.30. The Labute approximate surface area is 145 Å². The maximum absolute atomic E-state index is 12.8. The van der Waals surface area contributed by atoms with Crippen LogP contribution in [0.2, 0.25) is 0 Å². The molecule has 24 heavy (non-hydrogen) atoms. The van der Waals surface area contributed by atoms with E-state index in [9.17, 15) is 9.59 Å². The van der Waals surface area contributed by atoms with Crippen molar-refractivity contribution in [2.45, 2.75) is 44.8 Å². The topological polar surface area (TPSA) is 70.4 Å². The number of carbonyl (C=O) groups excluding carboxylic acids is 2. The second-order valence-electron chi connectivity index (χ2n) is 6.20. The van der Waals surface area contributed by atoms with Gasteiger partial charge < -0.3 is 9.47 Å². The predicted molar refractivity (Wildman–Crippen MR) is 92.1 cm³/mol. The average Bonchev–Trinajstić information content (AvgIpc) is 3.15. The number of esters is 1. The van der Waals surface area contributed by atoms with Gasteiger partial charge in [0.15, 0.2) is 5.82 Å². The molecule has 1 aromatic carbocycles. The highest BCUT2D eigenvalue weighted by atomic mass is 32.1. The van der Waals surface area contributed by atoms with Crippen LogP contribution in [0.5, 0.6) is 0 Å². The minimum Gasteiger partial charge on any atom is -0.457 e. The Bertz CT molecular complexity index is 765. The van der Waals surface area contributed by atoms with Crippen LogP contribution in [0, 0.1) is 0 Å². The van der Waals surface area contributed by atoms with Gasteiger partial charge in [0.2, 0.25) is 0 Å². The van der Waals surface area contributed by atoms with Crippen LogP contribution in [0.1, 0.15) is 38.4 Å². The van der Waals surface area contributed by atoms with Crippen LogP contribution >= 0.6 is 12.6 Å². The molecule has 0 saturated heterocycles. The number of imidazole rings is 1. The molecular formula is C17H20N2O4S. The molecule has 1 fully saturated rings. The minimum absolute atomic E-state index is 0.0251. The summed E-state index contributed by atoms with van der Waals surface area (Å²) in [6.45, 7) is 1.86. The highest BCUT2D eigenvalue weighted by Gasteiger charge is 2.34. The first-order valence-corrected chi connectivity index (χ1v) is 8.62. The van der Waals surface area contributed by atoms with Crippen molar-refractivity contribution in [3.63, 3.8) is 0 Å². The maximum atomic E-state index is 12.8. The second kappa shape index (κ2) is 6.84. The smallest absolute Gasteiger partial charge is 0.420 e. The number of rotatable bonds is 4. The summed E-state index contributed by atoms with van der Waals surface area (Å²) in [4.78, 5) is 28.5. The summed E-state index contributed by atoms with van der Waals surface area (Å²) in [5.41, 5.74) is 0.852. The molecule has 7 heteroatoms. The minimum atomic E-state index is -0.481. The molecule has 2 aromatic rings. The van der Waals surface area contributed by atoms with Gasteiger partial charge in [0.25, 0.3) is 0 Å². The van der Waals surface area contributed by atoms with E-state index in [-0.39, 0.29) is 12.4 Å². The van der Waals surface area contributed by atoms with Gasteiger partial charge in [-0.05, 0) is 44.7 Å². The quantitative estimate of drug-likeness (QED) is 0.678. The molecule has 0 atom stereocenters. The first-order valence-electron chi connectivity index (χ1n) is 7.99. The normalized spacial score (nSPS) is 16.2. The van der Waals surface area contributed by atoms with Crippen molar-refractivity contribution in [3.05, 3.63) is 30.1 Å². The van der Waals surface area contributed by atoms with Crippen molar-refractivity contribution in [1.29, 1.82) is 0 Å². The van der Waals surface area contributed by atoms with Crippen LogP contribution in [-0.4, -0.2) is 33.0 Å². The Balaban J connectivity index is 1.91. The Hall–Kier alpha value is -2.02. The SMILES string of the molecule is CC1(OC(=O)n2c(COC(=O)CS)nc3ccccc32)CCCC1.